The van der Waals surface area contributed by atoms with Crippen LogP contribution in [0.4, 0.5) is 0 Å². The third-order valence-electron chi connectivity index (χ3n) is 5.42. The van der Waals surface area contributed by atoms with Gasteiger partial charge in [0.05, 0.1) is 7.11 Å². The molecular formula is C24H25N3O3. The van der Waals surface area contributed by atoms with E-state index in [1.165, 1.54) is 0 Å². The number of methoxy groups -OCH3 is 1. The molecule has 6 heteroatoms. The van der Waals surface area contributed by atoms with Crippen molar-refractivity contribution in [2.45, 2.75) is 6.42 Å². The molecule has 3 aromatic rings. The summed E-state index contributed by atoms with van der Waals surface area (Å²) in [5, 5.41) is 0. The van der Waals surface area contributed by atoms with Gasteiger partial charge in [0.15, 0.2) is 0 Å². The third-order valence-corrected chi connectivity index (χ3v) is 5.42. The molecule has 1 aliphatic rings. The average Bonchev–Trinajstić information content (AvgIpc) is 3.23. The summed E-state index contributed by atoms with van der Waals surface area (Å²) in [5.74, 6) is 0.720. The number of benzene rings is 2. The summed E-state index contributed by atoms with van der Waals surface area (Å²) >= 11 is 0. The molecule has 6 nitrogen and oxygen atoms in total. The second kappa shape index (κ2) is 8.86. The zero-order chi connectivity index (χ0) is 20.9. The molecule has 1 fully saturated rings. The fraction of sp³-hybridized carbons (Fsp3) is 0.250. The van der Waals surface area contributed by atoms with E-state index in [-0.39, 0.29) is 11.8 Å². The number of hydrogen-bond acceptors (Lipinski definition) is 3. The Kier molecular flexibility index (Phi) is 5.84. The van der Waals surface area contributed by atoms with Crippen molar-refractivity contribution in [2.75, 3.05) is 33.3 Å². The highest BCUT2D eigenvalue weighted by Crippen LogP contribution is 2.16. The van der Waals surface area contributed by atoms with Crippen molar-refractivity contribution in [3.8, 4) is 11.4 Å². The normalized spacial score (nSPS) is 14.3. The fourth-order valence-electron chi connectivity index (χ4n) is 3.71. The second-order valence-corrected chi connectivity index (χ2v) is 7.30. The van der Waals surface area contributed by atoms with E-state index >= 15 is 0 Å². The van der Waals surface area contributed by atoms with Crippen molar-refractivity contribution in [3.05, 3.63) is 84.2 Å². The lowest BCUT2D eigenvalue weighted by Crippen LogP contribution is -2.37. The molecule has 2 heterocycles. The van der Waals surface area contributed by atoms with Crippen LogP contribution < -0.4 is 4.74 Å². The molecule has 0 atom stereocenters. The monoisotopic (exact) mass is 403 g/mol. The molecule has 0 radical (unpaired) electrons. The van der Waals surface area contributed by atoms with Gasteiger partial charge >= 0.3 is 0 Å². The lowest BCUT2D eigenvalue weighted by Gasteiger charge is -2.22. The third kappa shape index (κ3) is 4.22. The molecule has 0 saturated carbocycles. The molecule has 1 aliphatic heterocycles. The van der Waals surface area contributed by atoms with Gasteiger partial charge in [-0.15, -0.1) is 0 Å². The summed E-state index contributed by atoms with van der Waals surface area (Å²) < 4.78 is 7.16. The van der Waals surface area contributed by atoms with E-state index in [0.717, 1.165) is 17.9 Å². The molecule has 4 rings (SSSR count). The Morgan fingerprint density at radius 2 is 1.23 bits per heavy atom. The van der Waals surface area contributed by atoms with Crippen LogP contribution >= 0.6 is 0 Å². The molecule has 0 N–H and O–H groups in total. The van der Waals surface area contributed by atoms with E-state index < -0.39 is 0 Å². The van der Waals surface area contributed by atoms with E-state index in [1.54, 1.807) is 31.4 Å². The first-order valence-corrected chi connectivity index (χ1v) is 10.1. The molecule has 30 heavy (non-hydrogen) atoms. The Balaban J connectivity index is 1.39. The first-order valence-electron chi connectivity index (χ1n) is 10.1. The smallest absolute Gasteiger partial charge is 0.253 e. The lowest BCUT2D eigenvalue weighted by molar-refractivity contribution is 0.0718. The maximum absolute atomic E-state index is 13.0. The van der Waals surface area contributed by atoms with Gasteiger partial charge in [-0.25, -0.2) is 0 Å². The van der Waals surface area contributed by atoms with Crippen LogP contribution in [-0.2, 0) is 0 Å². The number of aromatic nitrogens is 1. The molecular weight excluding hydrogens is 378 g/mol. The molecule has 0 unspecified atom stereocenters. The van der Waals surface area contributed by atoms with E-state index in [0.29, 0.717) is 37.3 Å². The highest BCUT2D eigenvalue weighted by atomic mass is 16.5. The summed E-state index contributed by atoms with van der Waals surface area (Å²) in [6.45, 7) is 2.34. The predicted octanol–water partition coefficient (Wildman–Crippen LogP) is 3.47. The van der Waals surface area contributed by atoms with Crippen molar-refractivity contribution in [3.63, 3.8) is 0 Å². The van der Waals surface area contributed by atoms with Crippen molar-refractivity contribution >= 4 is 11.8 Å². The Morgan fingerprint density at radius 3 is 1.73 bits per heavy atom. The summed E-state index contributed by atoms with van der Waals surface area (Å²) in [5.41, 5.74) is 2.32. The summed E-state index contributed by atoms with van der Waals surface area (Å²) in [7, 11) is 1.60. The van der Waals surface area contributed by atoms with Gasteiger partial charge in [0.1, 0.15) is 5.75 Å². The predicted molar refractivity (Wildman–Crippen MR) is 115 cm³/mol. The van der Waals surface area contributed by atoms with Crippen molar-refractivity contribution in [1.29, 1.82) is 0 Å². The zero-order valence-corrected chi connectivity index (χ0v) is 17.0. The molecule has 1 aromatic heterocycles. The average molecular weight is 403 g/mol. The van der Waals surface area contributed by atoms with Gasteiger partial charge in [-0.05, 0) is 67.1 Å². The van der Waals surface area contributed by atoms with Crippen LogP contribution in [0.1, 0.15) is 27.1 Å². The highest BCUT2D eigenvalue weighted by Gasteiger charge is 2.23. The van der Waals surface area contributed by atoms with Crippen LogP contribution in [0, 0.1) is 0 Å². The van der Waals surface area contributed by atoms with Crippen LogP contribution in [0.5, 0.6) is 5.75 Å². The summed E-state index contributed by atoms with van der Waals surface area (Å²) in [6.07, 6.45) is 4.70. The fourth-order valence-corrected chi connectivity index (χ4v) is 3.71. The number of nitrogens with zero attached hydrogens (tertiary/aromatic N) is 3. The van der Waals surface area contributed by atoms with Crippen molar-refractivity contribution in [2.24, 2.45) is 0 Å². The lowest BCUT2D eigenvalue weighted by atomic mass is 10.1. The summed E-state index contributed by atoms with van der Waals surface area (Å²) in [4.78, 5) is 29.5. The SMILES string of the molecule is COc1ccc(C(=O)N2CCCN(C(=O)c3ccc(-n4cccc4)cc3)CC2)cc1. The van der Waals surface area contributed by atoms with Crippen molar-refractivity contribution < 1.29 is 14.3 Å². The molecule has 0 spiro atoms. The van der Waals surface area contributed by atoms with Crippen LogP contribution in [0.3, 0.4) is 0 Å². The Morgan fingerprint density at radius 1 is 0.733 bits per heavy atom. The standard InChI is InChI=1S/C24H25N3O3/c1-30-22-11-7-20(8-12-22)24(29)27-16-4-15-26(17-18-27)23(28)19-5-9-21(10-6-19)25-13-2-3-14-25/h2-3,5-14H,4,15-18H2,1H3. The molecule has 0 aliphatic carbocycles. The van der Waals surface area contributed by atoms with Gasteiger partial charge in [-0.3, -0.25) is 9.59 Å². The number of amides is 2. The van der Waals surface area contributed by atoms with Gasteiger partial charge < -0.3 is 19.1 Å². The van der Waals surface area contributed by atoms with E-state index in [2.05, 4.69) is 0 Å². The Bertz CT molecular complexity index is 995. The number of carbonyl (C=O) groups excluding carboxylic acids is 2. The molecule has 0 bridgehead atoms. The molecule has 154 valence electrons. The Hall–Kier alpha value is -3.54. The maximum atomic E-state index is 13.0. The highest BCUT2D eigenvalue weighted by molar-refractivity contribution is 5.95. The molecule has 2 amide bonds. The minimum Gasteiger partial charge on any atom is -0.497 e. The molecule has 1 saturated heterocycles. The Labute approximate surface area is 176 Å². The van der Waals surface area contributed by atoms with Crippen molar-refractivity contribution in [1.82, 2.24) is 14.4 Å². The van der Waals surface area contributed by atoms with Gasteiger partial charge in [0.25, 0.3) is 11.8 Å². The van der Waals surface area contributed by atoms with Gasteiger partial charge in [-0.1, -0.05) is 0 Å². The van der Waals surface area contributed by atoms with Crippen LogP contribution in [0.15, 0.2) is 73.1 Å². The quantitative estimate of drug-likeness (QED) is 0.670. The zero-order valence-electron chi connectivity index (χ0n) is 17.0. The van der Waals surface area contributed by atoms with Crippen LogP contribution in [0.2, 0.25) is 0 Å². The van der Waals surface area contributed by atoms with Crippen LogP contribution in [-0.4, -0.2) is 59.5 Å². The number of rotatable bonds is 4. The van der Waals surface area contributed by atoms with E-state index in [9.17, 15) is 9.59 Å². The molecule has 2 aromatic carbocycles. The minimum absolute atomic E-state index is 0.00722. The first-order chi connectivity index (χ1) is 14.7. The van der Waals surface area contributed by atoms with Gasteiger partial charge in [-0.2, -0.15) is 0 Å². The van der Waals surface area contributed by atoms with Crippen LogP contribution in [0.25, 0.3) is 5.69 Å². The number of ether oxygens (including phenoxy) is 1. The summed E-state index contributed by atoms with van der Waals surface area (Å²) in [6, 6.07) is 18.7. The van der Waals surface area contributed by atoms with E-state index in [4.69, 9.17) is 4.74 Å². The minimum atomic E-state index is -0.0111. The number of carbonyl (C=O) groups is 2. The van der Waals surface area contributed by atoms with Gasteiger partial charge in [0, 0.05) is 55.4 Å². The largest absolute Gasteiger partial charge is 0.497 e. The maximum Gasteiger partial charge on any atom is 0.253 e. The topological polar surface area (TPSA) is 54.8 Å². The second-order valence-electron chi connectivity index (χ2n) is 7.30. The van der Waals surface area contributed by atoms with Gasteiger partial charge in [0.2, 0.25) is 0 Å². The first kappa shape index (κ1) is 19.8. The number of hydrogen-bond donors (Lipinski definition) is 0. The van der Waals surface area contributed by atoms with E-state index in [1.807, 2.05) is 63.2 Å².